The van der Waals surface area contributed by atoms with Gasteiger partial charge >= 0.3 is 0 Å². The molecule has 16 heavy (non-hydrogen) atoms. The lowest BCUT2D eigenvalue weighted by molar-refractivity contribution is 0.655. The van der Waals surface area contributed by atoms with Crippen molar-refractivity contribution in [1.82, 2.24) is 9.88 Å². The lowest BCUT2D eigenvalue weighted by Gasteiger charge is -2.05. The number of hydrogen-bond donors (Lipinski definition) is 1. The molecule has 0 amide bonds. The number of rotatable bonds is 4. The second-order valence-corrected chi connectivity index (χ2v) is 4.29. The molecule has 1 heterocycles. The van der Waals surface area contributed by atoms with Crippen LogP contribution >= 0.6 is 11.6 Å². The van der Waals surface area contributed by atoms with Crippen molar-refractivity contribution < 1.29 is 0 Å². The van der Waals surface area contributed by atoms with Crippen molar-refractivity contribution in [3.05, 3.63) is 58.9 Å². The highest BCUT2D eigenvalue weighted by Gasteiger charge is 2.00. The minimum Gasteiger partial charge on any atom is -0.352 e. The third-order valence-corrected chi connectivity index (χ3v) is 2.76. The van der Waals surface area contributed by atoms with Crippen LogP contribution < -0.4 is 5.32 Å². The Kier molecular flexibility index (Phi) is 3.65. The maximum atomic E-state index is 5.91. The van der Waals surface area contributed by atoms with Gasteiger partial charge in [0.05, 0.1) is 5.02 Å². The Morgan fingerprint density at radius 3 is 2.56 bits per heavy atom. The molecule has 0 unspecified atom stereocenters. The van der Waals surface area contributed by atoms with Gasteiger partial charge in [0.15, 0.2) is 0 Å². The zero-order chi connectivity index (χ0) is 11.4. The lowest BCUT2D eigenvalue weighted by atomic mass is 10.2. The van der Waals surface area contributed by atoms with Crippen molar-refractivity contribution >= 4 is 11.6 Å². The van der Waals surface area contributed by atoms with Crippen molar-refractivity contribution in [2.24, 2.45) is 7.05 Å². The molecule has 0 radical (unpaired) electrons. The van der Waals surface area contributed by atoms with Gasteiger partial charge in [-0.15, -0.1) is 0 Å². The monoisotopic (exact) mass is 234 g/mol. The fourth-order valence-electron chi connectivity index (χ4n) is 1.67. The van der Waals surface area contributed by atoms with Crippen molar-refractivity contribution in [3.63, 3.8) is 0 Å². The van der Waals surface area contributed by atoms with E-state index < -0.39 is 0 Å². The molecule has 1 N–H and O–H groups in total. The highest BCUT2D eigenvalue weighted by Crippen LogP contribution is 2.12. The average molecular weight is 235 g/mol. The van der Waals surface area contributed by atoms with E-state index in [9.17, 15) is 0 Å². The first kappa shape index (κ1) is 11.2. The van der Waals surface area contributed by atoms with Crippen molar-refractivity contribution in [2.75, 3.05) is 0 Å². The van der Waals surface area contributed by atoms with Crippen LogP contribution in [0.3, 0.4) is 0 Å². The van der Waals surface area contributed by atoms with Crippen LogP contribution in [0.4, 0.5) is 0 Å². The first-order valence-electron chi connectivity index (χ1n) is 5.31. The van der Waals surface area contributed by atoms with Crippen LogP contribution in [0.15, 0.2) is 42.6 Å². The maximum Gasteiger partial charge on any atom is 0.0585 e. The van der Waals surface area contributed by atoms with Crippen LogP contribution in [0.2, 0.25) is 5.02 Å². The second kappa shape index (κ2) is 5.19. The Labute approximate surface area is 101 Å². The standard InChI is InChI=1S/C13H15ClN2/c1-16-10-12(14)7-13(16)9-15-8-11-5-3-2-4-6-11/h2-7,10,15H,8-9H2,1H3. The van der Waals surface area contributed by atoms with Gasteiger partial charge in [-0.3, -0.25) is 0 Å². The fraction of sp³-hybridized carbons (Fsp3) is 0.231. The number of halogens is 1. The van der Waals surface area contributed by atoms with Crippen LogP contribution in [0, 0.1) is 0 Å². The van der Waals surface area contributed by atoms with Gasteiger partial charge in [-0.05, 0) is 11.6 Å². The normalized spacial score (nSPS) is 10.6. The zero-order valence-electron chi connectivity index (χ0n) is 9.28. The van der Waals surface area contributed by atoms with Crippen LogP contribution in [0.1, 0.15) is 11.3 Å². The van der Waals surface area contributed by atoms with Crippen molar-refractivity contribution in [1.29, 1.82) is 0 Å². The van der Waals surface area contributed by atoms with E-state index in [1.807, 2.05) is 29.9 Å². The Morgan fingerprint density at radius 1 is 1.19 bits per heavy atom. The second-order valence-electron chi connectivity index (χ2n) is 3.85. The smallest absolute Gasteiger partial charge is 0.0585 e. The molecule has 0 saturated heterocycles. The summed E-state index contributed by atoms with van der Waals surface area (Å²) >= 11 is 5.91. The summed E-state index contributed by atoms with van der Waals surface area (Å²) in [6.45, 7) is 1.71. The van der Waals surface area contributed by atoms with E-state index in [2.05, 4.69) is 29.6 Å². The molecule has 3 heteroatoms. The maximum absolute atomic E-state index is 5.91. The molecular formula is C13H15ClN2. The summed E-state index contributed by atoms with van der Waals surface area (Å²) in [5.74, 6) is 0. The Hall–Kier alpha value is -1.25. The summed E-state index contributed by atoms with van der Waals surface area (Å²) in [4.78, 5) is 0. The van der Waals surface area contributed by atoms with Gasteiger partial charge < -0.3 is 9.88 Å². The predicted octanol–water partition coefficient (Wildman–Crippen LogP) is 2.97. The number of aromatic nitrogens is 1. The first-order valence-corrected chi connectivity index (χ1v) is 5.69. The molecular weight excluding hydrogens is 220 g/mol. The van der Waals surface area contributed by atoms with Crippen molar-refractivity contribution in [3.8, 4) is 0 Å². The fourth-order valence-corrected chi connectivity index (χ4v) is 1.94. The SMILES string of the molecule is Cn1cc(Cl)cc1CNCc1ccccc1. The highest BCUT2D eigenvalue weighted by molar-refractivity contribution is 6.30. The third-order valence-electron chi connectivity index (χ3n) is 2.55. The molecule has 84 valence electrons. The van der Waals surface area contributed by atoms with E-state index >= 15 is 0 Å². The van der Waals surface area contributed by atoms with Crippen LogP contribution in [0.25, 0.3) is 0 Å². The van der Waals surface area contributed by atoms with Gasteiger partial charge in [0.1, 0.15) is 0 Å². The van der Waals surface area contributed by atoms with E-state index in [1.54, 1.807) is 0 Å². The third kappa shape index (κ3) is 2.87. The topological polar surface area (TPSA) is 17.0 Å². The Bertz CT molecular complexity index is 448. The molecule has 0 saturated carbocycles. The molecule has 2 rings (SSSR count). The first-order chi connectivity index (χ1) is 7.75. The van der Waals surface area contributed by atoms with E-state index in [0.29, 0.717) is 0 Å². The van der Waals surface area contributed by atoms with Crippen molar-refractivity contribution in [2.45, 2.75) is 13.1 Å². The minimum absolute atomic E-state index is 0.791. The van der Waals surface area contributed by atoms with E-state index in [-0.39, 0.29) is 0 Å². The van der Waals surface area contributed by atoms with E-state index in [1.165, 1.54) is 11.3 Å². The number of aryl methyl sites for hydroxylation is 1. The summed E-state index contributed by atoms with van der Waals surface area (Å²) in [6, 6.07) is 12.3. The summed E-state index contributed by atoms with van der Waals surface area (Å²) in [5, 5.41) is 4.18. The molecule has 0 spiro atoms. The Balaban J connectivity index is 1.87. The number of nitrogens with zero attached hydrogens (tertiary/aromatic N) is 1. The van der Waals surface area contributed by atoms with E-state index in [0.717, 1.165) is 18.1 Å². The Morgan fingerprint density at radius 2 is 1.94 bits per heavy atom. The van der Waals surface area contributed by atoms with Gasteiger partial charge in [0.2, 0.25) is 0 Å². The largest absolute Gasteiger partial charge is 0.352 e. The molecule has 0 aliphatic carbocycles. The number of benzene rings is 1. The zero-order valence-corrected chi connectivity index (χ0v) is 10.0. The molecule has 0 bridgehead atoms. The van der Waals surface area contributed by atoms with Crippen LogP contribution in [0.5, 0.6) is 0 Å². The quantitative estimate of drug-likeness (QED) is 0.861. The minimum atomic E-state index is 0.791. The average Bonchev–Trinajstić information content (AvgIpc) is 2.59. The molecule has 1 aromatic carbocycles. The molecule has 0 fully saturated rings. The highest BCUT2D eigenvalue weighted by atomic mass is 35.5. The van der Waals surface area contributed by atoms with Gasteiger partial charge in [0.25, 0.3) is 0 Å². The van der Waals surface area contributed by atoms with Gasteiger partial charge in [0, 0.05) is 32.0 Å². The lowest BCUT2D eigenvalue weighted by Crippen LogP contribution is -2.14. The van der Waals surface area contributed by atoms with Crippen LogP contribution in [-0.2, 0) is 20.1 Å². The molecule has 2 aromatic rings. The predicted molar refractivity (Wildman–Crippen MR) is 67.4 cm³/mol. The molecule has 0 aliphatic rings. The van der Waals surface area contributed by atoms with Gasteiger partial charge in [-0.25, -0.2) is 0 Å². The van der Waals surface area contributed by atoms with Gasteiger partial charge in [-0.2, -0.15) is 0 Å². The summed E-state index contributed by atoms with van der Waals surface area (Å²) in [6.07, 6.45) is 1.92. The van der Waals surface area contributed by atoms with Crippen LogP contribution in [-0.4, -0.2) is 4.57 Å². The molecule has 0 aliphatic heterocycles. The van der Waals surface area contributed by atoms with Gasteiger partial charge in [-0.1, -0.05) is 41.9 Å². The summed E-state index contributed by atoms with van der Waals surface area (Å²) in [7, 11) is 2.01. The number of nitrogens with one attached hydrogen (secondary N) is 1. The van der Waals surface area contributed by atoms with E-state index in [4.69, 9.17) is 11.6 Å². The molecule has 1 aromatic heterocycles. The summed E-state index contributed by atoms with van der Waals surface area (Å²) in [5.41, 5.74) is 2.49. The molecule has 0 atom stereocenters. The number of hydrogen-bond acceptors (Lipinski definition) is 1. The summed E-state index contributed by atoms with van der Waals surface area (Å²) < 4.78 is 2.04. The molecule has 2 nitrogen and oxygen atoms in total.